The predicted octanol–water partition coefficient (Wildman–Crippen LogP) is 3.16. The molecule has 3 rings (SSSR count). The minimum atomic E-state index is 0.352. The van der Waals surface area contributed by atoms with Crippen molar-refractivity contribution in [2.24, 2.45) is 5.92 Å². The van der Waals surface area contributed by atoms with Gasteiger partial charge < -0.3 is 9.26 Å². The molecule has 0 saturated heterocycles. The van der Waals surface area contributed by atoms with Crippen LogP contribution in [0.4, 0.5) is 0 Å². The second-order valence-electron chi connectivity index (χ2n) is 4.78. The molecule has 1 aromatic carbocycles. The summed E-state index contributed by atoms with van der Waals surface area (Å²) >= 11 is 0. The molecule has 1 aromatic heterocycles. The second-order valence-corrected chi connectivity index (χ2v) is 4.78. The van der Waals surface area contributed by atoms with Gasteiger partial charge in [-0.1, -0.05) is 30.3 Å². The van der Waals surface area contributed by atoms with Gasteiger partial charge in [-0.05, 0) is 30.9 Å². The van der Waals surface area contributed by atoms with Crippen LogP contribution in [0.5, 0.6) is 5.75 Å². The van der Waals surface area contributed by atoms with E-state index in [2.05, 4.69) is 17.1 Å². The van der Waals surface area contributed by atoms with E-state index in [-0.39, 0.29) is 0 Å². The monoisotopic (exact) mass is 244 g/mol. The van der Waals surface area contributed by atoms with Crippen molar-refractivity contribution in [3.05, 3.63) is 42.0 Å². The molecule has 0 radical (unpaired) electrons. The highest BCUT2D eigenvalue weighted by atomic mass is 16.5. The Balaban J connectivity index is 1.60. The third-order valence-corrected chi connectivity index (χ3v) is 3.31. The molecule has 1 heterocycles. The summed E-state index contributed by atoms with van der Waals surface area (Å²) in [5.74, 6) is 3.28. The van der Waals surface area contributed by atoms with Gasteiger partial charge >= 0.3 is 0 Å². The highest BCUT2D eigenvalue weighted by Crippen LogP contribution is 2.41. The van der Waals surface area contributed by atoms with Crippen molar-refractivity contribution in [2.75, 3.05) is 0 Å². The lowest BCUT2D eigenvalue weighted by molar-refractivity contribution is 0.283. The second kappa shape index (κ2) is 4.80. The maximum absolute atomic E-state index is 5.58. The number of nitrogens with zero attached hydrogens (tertiary/aromatic N) is 2. The summed E-state index contributed by atoms with van der Waals surface area (Å²) in [5.41, 5.74) is 0. The third kappa shape index (κ3) is 2.53. The predicted molar refractivity (Wildman–Crippen MR) is 66.2 cm³/mol. The molecule has 0 spiro atoms. The van der Waals surface area contributed by atoms with E-state index in [1.165, 1.54) is 12.8 Å². The average Bonchev–Trinajstić information content (AvgIpc) is 3.15. The van der Waals surface area contributed by atoms with Crippen molar-refractivity contribution in [3.63, 3.8) is 0 Å². The van der Waals surface area contributed by atoms with Crippen LogP contribution in [0, 0.1) is 5.92 Å². The van der Waals surface area contributed by atoms with Gasteiger partial charge in [-0.2, -0.15) is 4.98 Å². The van der Waals surface area contributed by atoms with E-state index in [9.17, 15) is 0 Å². The molecule has 0 unspecified atom stereocenters. The molecule has 2 aromatic rings. The van der Waals surface area contributed by atoms with E-state index >= 15 is 0 Å². The highest BCUT2D eigenvalue weighted by molar-refractivity contribution is 5.20. The molecule has 1 fully saturated rings. The van der Waals surface area contributed by atoms with Crippen LogP contribution < -0.4 is 4.74 Å². The molecule has 0 N–H and O–H groups in total. The molecule has 0 bridgehead atoms. The topological polar surface area (TPSA) is 48.2 Å². The maximum atomic E-state index is 5.58. The summed E-state index contributed by atoms with van der Waals surface area (Å²) in [6, 6.07) is 9.65. The fourth-order valence-electron chi connectivity index (χ4n) is 1.97. The average molecular weight is 244 g/mol. The van der Waals surface area contributed by atoms with Gasteiger partial charge in [0, 0.05) is 5.92 Å². The first-order chi connectivity index (χ1) is 8.83. The number of rotatable bonds is 5. The zero-order valence-corrected chi connectivity index (χ0v) is 10.4. The molecule has 1 aliphatic rings. The lowest BCUT2D eigenvalue weighted by atomic mass is 10.1. The molecule has 0 aliphatic heterocycles. The molecule has 1 atom stereocenters. The minimum Gasteiger partial charge on any atom is -0.485 e. The van der Waals surface area contributed by atoms with Gasteiger partial charge in [-0.15, -0.1) is 0 Å². The Bertz CT molecular complexity index is 506. The van der Waals surface area contributed by atoms with Crippen molar-refractivity contribution in [1.29, 1.82) is 0 Å². The molecule has 1 aliphatic carbocycles. The maximum Gasteiger partial charge on any atom is 0.229 e. The molecular formula is C14H16N2O2. The SMILES string of the molecule is C[C@H](c1nc(COc2ccccc2)no1)C1CC1. The Morgan fingerprint density at radius 2 is 2.11 bits per heavy atom. The fraction of sp³-hybridized carbons (Fsp3) is 0.429. The van der Waals surface area contributed by atoms with E-state index in [0.717, 1.165) is 17.6 Å². The Morgan fingerprint density at radius 1 is 1.33 bits per heavy atom. The van der Waals surface area contributed by atoms with E-state index in [1.54, 1.807) is 0 Å². The molecular weight excluding hydrogens is 228 g/mol. The van der Waals surface area contributed by atoms with Crippen LogP contribution in [0.1, 0.15) is 37.4 Å². The van der Waals surface area contributed by atoms with Crippen LogP contribution in [0.2, 0.25) is 0 Å². The first kappa shape index (κ1) is 11.3. The van der Waals surface area contributed by atoms with Crippen molar-refractivity contribution in [1.82, 2.24) is 10.1 Å². The first-order valence-electron chi connectivity index (χ1n) is 6.33. The summed E-state index contributed by atoms with van der Waals surface area (Å²) in [4.78, 5) is 4.38. The van der Waals surface area contributed by atoms with Crippen molar-refractivity contribution in [3.8, 4) is 5.75 Å². The molecule has 0 amide bonds. The zero-order valence-electron chi connectivity index (χ0n) is 10.4. The van der Waals surface area contributed by atoms with Crippen molar-refractivity contribution < 1.29 is 9.26 Å². The van der Waals surface area contributed by atoms with E-state index in [4.69, 9.17) is 9.26 Å². The number of aromatic nitrogens is 2. The number of para-hydroxylation sites is 1. The molecule has 18 heavy (non-hydrogen) atoms. The third-order valence-electron chi connectivity index (χ3n) is 3.31. The smallest absolute Gasteiger partial charge is 0.229 e. The fourth-order valence-corrected chi connectivity index (χ4v) is 1.97. The standard InChI is InChI=1S/C14H16N2O2/c1-10(11-7-8-11)14-15-13(16-18-14)9-17-12-5-3-2-4-6-12/h2-6,10-11H,7-9H2,1H3/t10-/m0/s1. The molecule has 1 saturated carbocycles. The van der Waals surface area contributed by atoms with Crippen LogP contribution in [0.25, 0.3) is 0 Å². The van der Waals surface area contributed by atoms with E-state index in [0.29, 0.717) is 18.3 Å². The number of hydrogen-bond donors (Lipinski definition) is 0. The van der Waals surface area contributed by atoms with Gasteiger partial charge in [-0.25, -0.2) is 0 Å². The van der Waals surface area contributed by atoms with Gasteiger partial charge in [-0.3, -0.25) is 0 Å². The Hall–Kier alpha value is -1.84. The summed E-state index contributed by atoms with van der Waals surface area (Å²) in [5, 5.41) is 3.95. The van der Waals surface area contributed by atoms with Crippen molar-refractivity contribution >= 4 is 0 Å². The molecule has 4 heteroatoms. The lowest BCUT2D eigenvalue weighted by Gasteiger charge is -2.02. The Labute approximate surface area is 106 Å². The summed E-state index contributed by atoms with van der Waals surface area (Å²) in [6.45, 7) is 2.50. The van der Waals surface area contributed by atoms with Crippen LogP contribution in [0.15, 0.2) is 34.9 Å². The molecule has 4 nitrogen and oxygen atoms in total. The number of hydrogen-bond acceptors (Lipinski definition) is 4. The van der Waals surface area contributed by atoms with E-state index < -0.39 is 0 Å². The number of benzene rings is 1. The summed E-state index contributed by atoms with van der Waals surface area (Å²) < 4.78 is 10.9. The van der Waals surface area contributed by atoms with Crippen LogP contribution in [0.3, 0.4) is 0 Å². The Morgan fingerprint density at radius 3 is 2.83 bits per heavy atom. The highest BCUT2D eigenvalue weighted by Gasteiger charge is 2.32. The molecule has 94 valence electrons. The van der Waals surface area contributed by atoms with Crippen LogP contribution in [-0.2, 0) is 6.61 Å². The van der Waals surface area contributed by atoms with Gasteiger partial charge in [0.1, 0.15) is 5.75 Å². The lowest BCUT2D eigenvalue weighted by Crippen LogP contribution is -1.99. The van der Waals surface area contributed by atoms with Crippen LogP contribution in [-0.4, -0.2) is 10.1 Å². The zero-order chi connectivity index (χ0) is 12.4. The quantitative estimate of drug-likeness (QED) is 0.810. The largest absolute Gasteiger partial charge is 0.485 e. The number of ether oxygens (including phenoxy) is 1. The normalized spacial score (nSPS) is 16.5. The first-order valence-corrected chi connectivity index (χ1v) is 6.33. The van der Waals surface area contributed by atoms with Crippen LogP contribution >= 0.6 is 0 Å². The minimum absolute atomic E-state index is 0.352. The van der Waals surface area contributed by atoms with Crippen molar-refractivity contribution in [2.45, 2.75) is 32.3 Å². The van der Waals surface area contributed by atoms with E-state index in [1.807, 2.05) is 30.3 Å². The summed E-state index contributed by atoms with van der Waals surface area (Å²) in [6.07, 6.45) is 2.55. The van der Waals surface area contributed by atoms with Gasteiger partial charge in [0.15, 0.2) is 6.61 Å². The summed E-state index contributed by atoms with van der Waals surface area (Å²) in [7, 11) is 0. The van der Waals surface area contributed by atoms with Gasteiger partial charge in [0.25, 0.3) is 0 Å². The Kier molecular flexibility index (Phi) is 3.00. The van der Waals surface area contributed by atoms with Gasteiger partial charge in [0.2, 0.25) is 11.7 Å². The van der Waals surface area contributed by atoms with Gasteiger partial charge in [0.05, 0.1) is 0 Å².